The summed E-state index contributed by atoms with van der Waals surface area (Å²) < 4.78 is 20.1. The number of esters is 1. The number of carbonyl (C=O) groups excluding carboxylic acids is 2. The lowest BCUT2D eigenvalue weighted by molar-refractivity contribution is -0.123. The summed E-state index contributed by atoms with van der Waals surface area (Å²) in [6.45, 7) is 8.00. The van der Waals surface area contributed by atoms with Crippen LogP contribution in [0.1, 0.15) is 35.6 Å². The van der Waals surface area contributed by atoms with Gasteiger partial charge >= 0.3 is 5.97 Å². The van der Waals surface area contributed by atoms with E-state index in [1.54, 1.807) is 6.07 Å². The van der Waals surface area contributed by atoms with Gasteiger partial charge in [0.25, 0.3) is 5.91 Å². The normalized spacial score (nSPS) is 11.9. The third-order valence-electron chi connectivity index (χ3n) is 3.87. The second-order valence-electron chi connectivity index (χ2n) is 5.57. The van der Waals surface area contributed by atoms with E-state index in [2.05, 4.69) is 5.32 Å². The average Bonchev–Trinajstić information content (AvgIpc) is 2.83. The first-order chi connectivity index (χ1) is 11.3. The molecule has 0 saturated carbocycles. The predicted octanol–water partition coefficient (Wildman–Crippen LogP) is 3.45. The van der Waals surface area contributed by atoms with Gasteiger partial charge in [-0.15, -0.1) is 0 Å². The van der Waals surface area contributed by atoms with Gasteiger partial charge in [0, 0.05) is 23.6 Å². The monoisotopic (exact) mass is 332 g/mol. The van der Waals surface area contributed by atoms with E-state index in [-0.39, 0.29) is 0 Å². The lowest BCUT2D eigenvalue weighted by atomic mass is 10.2. The molecule has 24 heavy (non-hydrogen) atoms. The van der Waals surface area contributed by atoms with Crippen LogP contribution in [0.15, 0.2) is 30.3 Å². The average molecular weight is 332 g/mol. The molecule has 1 N–H and O–H groups in total. The van der Waals surface area contributed by atoms with Gasteiger partial charge in [0.15, 0.2) is 6.10 Å². The number of carbonyl (C=O) groups is 2. The molecule has 1 aromatic carbocycles. The lowest BCUT2D eigenvalue weighted by Crippen LogP contribution is -2.30. The minimum absolute atomic E-state index is 0.390. The summed E-state index contributed by atoms with van der Waals surface area (Å²) in [5.41, 5.74) is 2.67. The third-order valence-corrected chi connectivity index (χ3v) is 3.87. The van der Waals surface area contributed by atoms with Crippen LogP contribution in [0, 0.1) is 19.7 Å². The molecular weight excluding hydrogens is 311 g/mol. The van der Waals surface area contributed by atoms with E-state index in [4.69, 9.17) is 4.74 Å². The molecule has 1 amide bonds. The van der Waals surface area contributed by atoms with Crippen LogP contribution >= 0.6 is 0 Å². The lowest BCUT2D eigenvalue weighted by Gasteiger charge is -2.13. The first-order valence-corrected chi connectivity index (χ1v) is 7.77. The zero-order valence-electron chi connectivity index (χ0n) is 14.2. The van der Waals surface area contributed by atoms with E-state index in [0.29, 0.717) is 11.3 Å². The fourth-order valence-electron chi connectivity index (χ4n) is 2.55. The maximum atomic E-state index is 12.9. The van der Waals surface area contributed by atoms with Crippen molar-refractivity contribution >= 4 is 17.6 Å². The molecule has 2 aromatic rings. The highest BCUT2D eigenvalue weighted by molar-refractivity contribution is 5.97. The standard InChI is InChI=1S/C18H21FN2O3/c1-5-21-11(2)10-16(12(21)3)18(23)24-13(4)17(22)20-15-8-6-14(19)7-9-15/h6-10,13H,5H2,1-4H3,(H,20,22)/t13-/m1/s1. The van der Waals surface area contributed by atoms with Crippen LogP contribution in [0.25, 0.3) is 0 Å². The van der Waals surface area contributed by atoms with E-state index in [9.17, 15) is 14.0 Å². The van der Waals surface area contributed by atoms with Crippen molar-refractivity contribution in [1.29, 1.82) is 0 Å². The molecule has 5 nitrogen and oxygen atoms in total. The van der Waals surface area contributed by atoms with Gasteiger partial charge < -0.3 is 14.6 Å². The molecule has 0 aliphatic rings. The van der Waals surface area contributed by atoms with E-state index in [1.165, 1.54) is 31.2 Å². The summed E-state index contributed by atoms with van der Waals surface area (Å²) in [5.74, 6) is -1.40. The van der Waals surface area contributed by atoms with Crippen LogP contribution in [-0.4, -0.2) is 22.5 Å². The molecule has 0 aliphatic heterocycles. The first-order valence-electron chi connectivity index (χ1n) is 7.77. The zero-order valence-corrected chi connectivity index (χ0v) is 14.2. The van der Waals surface area contributed by atoms with Crippen molar-refractivity contribution < 1.29 is 18.7 Å². The van der Waals surface area contributed by atoms with Crippen LogP contribution in [-0.2, 0) is 16.1 Å². The number of hydrogen-bond donors (Lipinski definition) is 1. The molecule has 2 rings (SSSR count). The number of ether oxygens (including phenoxy) is 1. The Labute approximate surface area is 140 Å². The van der Waals surface area contributed by atoms with Crippen molar-refractivity contribution in [2.75, 3.05) is 5.32 Å². The molecule has 1 heterocycles. The topological polar surface area (TPSA) is 60.3 Å². The Morgan fingerprint density at radius 1 is 1.25 bits per heavy atom. The molecule has 0 aliphatic carbocycles. The van der Waals surface area contributed by atoms with Gasteiger partial charge in [0.1, 0.15) is 5.82 Å². The highest BCUT2D eigenvalue weighted by Crippen LogP contribution is 2.17. The SMILES string of the molecule is CCn1c(C)cc(C(=O)O[C@H](C)C(=O)Nc2ccc(F)cc2)c1C. The number of benzene rings is 1. The van der Waals surface area contributed by atoms with Crippen LogP contribution in [0.3, 0.4) is 0 Å². The Morgan fingerprint density at radius 3 is 2.42 bits per heavy atom. The van der Waals surface area contributed by atoms with Gasteiger partial charge in [-0.1, -0.05) is 0 Å². The van der Waals surface area contributed by atoms with Gasteiger partial charge in [-0.05, 0) is 58.0 Å². The van der Waals surface area contributed by atoms with Gasteiger partial charge in [0.2, 0.25) is 0 Å². The van der Waals surface area contributed by atoms with E-state index >= 15 is 0 Å². The van der Waals surface area contributed by atoms with Crippen molar-refractivity contribution in [1.82, 2.24) is 4.57 Å². The Morgan fingerprint density at radius 2 is 1.88 bits per heavy atom. The summed E-state index contributed by atoms with van der Waals surface area (Å²) in [7, 11) is 0. The van der Waals surface area contributed by atoms with Crippen molar-refractivity contribution in [3.8, 4) is 0 Å². The highest BCUT2D eigenvalue weighted by Gasteiger charge is 2.22. The van der Waals surface area contributed by atoms with Gasteiger partial charge in [0.05, 0.1) is 5.56 Å². The summed E-state index contributed by atoms with van der Waals surface area (Å²) in [6, 6.07) is 7.12. The highest BCUT2D eigenvalue weighted by atomic mass is 19.1. The predicted molar refractivity (Wildman–Crippen MR) is 89.5 cm³/mol. The molecule has 1 aromatic heterocycles. The van der Waals surface area contributed by atoms with Gasteiger partial charge in [-0.3, -0.25) is 4.79 Å². The van der Waals surface area contributed by atoms with Crippen LogP contribution in [0.2, 0.25) is 0 Å². The van der Waals surface area contributed by atoms with Crippen molar-refractivity contribution in [3.05, 3.63) is 53.1 Å². The van der Waals surface area contributed by atoms with Crippen LogP contribution in [0.4, 0.5) is 10.1 Å². The molecule has 0 spiro atoms. The summed E-state index contributed by atoms with van der Waals surface area (Å²) in [5, 5.41) is 2.58. The van der Waals surface area contributed by atoms with E-state index < -0.39 is 23.8 Å². The molecule has 0 saturated heterocycles. The molecule has 0 bridgehead atoms. The molecule has 0 unspecified atom stereocenters. The molecule has 0 radical (unpaired) electrons. The van der Waals surface area contributed by atoms with E-state index in [0.717, 1.165) is 17.9 Å². The number of amides is 1. The summed E-state index contributed by atoms with van der Waals surface area (Å²) in [4.78, 5) is 24.4. The molecular formula is C18H21FN2O3. The van der Waals surface area contributed by atoms with E-state index in [1.807, 2.05) is 25.3 Å². The summed E-state index contributed by atoms with van der Waals surface area (Å²) in [6.07, 6.45) is -0.966. The largest absolute Gasteiger partial charge is 0.449 e. The van der Waals surface area contributed by atoms with Crippen LogP contribution in [0.5, 0.6) is 0 Å². The maximum absolute atomic E-state index is 12.9. The summed E-state index contributed by atoms with van der Waals surface area (Å²) >= 11 is 0. The number of aromatic nitrogens is 1. The Kier molecular flexibility index (Phi) is 5.39. The number of aryl methyl sites for hydroxylation is 1. The Hall–Kier alpha value is -2.63. The second-order valence-corrected chi connectivity index (χ2v) is 5.57. The quantitative estimate of drug-likeness (QED) is 0.853. The molecule has 128 valence electrons. The molecule has 6 heteroatoms. The Bertz CT molecular complexity index is 750. The van der Waals surface area contributed by atoms with Gasteiger partial charge in [-0.2, -0.15) is 0 Å². The number of rotatable bonds is 5. The fourth-order valence-corrected chi connectivity index (χ4v) is 2.55. The number of hydrogen-bond acceptors (Lipinski definition) is 3. The first kappa shape index (κ1) is 17.7. The molecule has 0 fully saturated rings. The van der Waals surface area contributed by atoms with Crippen molar-refractivity contribution in [3.63, 3.8) is 0 Å². The fraction of sp³-hybridized carbons (Fsp3) is 0.333. The third kappa shape index (κ3) is 3.82. The smallest absolute Gasteiger partial charge is 0.340 e. The maximum Gasteiger partial charge on any atom is 0.340 e. The Balaban J connectivity index is 2.03. The molecule has 1 atom stereocenters. The number of nitrogens with one attached hydrogen (secondary N) is 1. The second kappa shape index (κ2) is 7.29. The zero-order chi connectivity index (χ0) is 17.9. The van der Waals surface area contributed by atoms with Crippen LogP contribution < -0.4 is 5.32 Å². The number of halogens is 1. The minimum Gasteiger partial charge on any atom is -0.449 e. The minimum atomic E-state index is -0.966. The van der Waals surface area contributed by atoms with Crippen molar-refractivity contribution in [2.45, 2.75) is 40.3 Å². The number of nitrogens with zero attached hydrogens (tertiary/aromatic N) is 1. The van der Waals surface area contributed by atoms with Gasteiger partial charge in [-0.25, -0.2) is 9.18 Å². The number of anilines is 1. The van der Waals surface area contributed by atoms with Crippen molar-refractivity contribution in [2.24, 2.45) is 0 Å².